The third-order valence-corrected chi connectivity index (χ3v) is 9.64. The van der Waals surface area contributed by atoms with E-state index in [2.05, 4.69) is 10.2 Å². The predicted octanol–water partition coefficient (Wildman–Crippen LogP) is 2.66. The molecule has 0 aliphatic carbocycles. The molecule has 172 valence electrons. The molecule has 2 saturated heterocycles. The van der Waals surface area contributed by atoms with Gasteiger partial charge >= 0.3 is 0 Å². The lowest BCUT2D eigenvalue weighted by molar-refractivity contribution is -0.140. The minimum atomic E-state index is -2.99. The Morgan fingerprint density at radius 1 is 1.18 bits per heavy atom. The van der Waals surface area contributed by atoms with Crippen LogP contribution in [0.2, 0.25) is 0 Å². The van der Waals surface area contributed by atoms with Gasteiger partial charge in [0.1, 0.15) is 19.1 Å². The summed E-state index contributed by atoms with van der Waals surface area (Å²) in [5.41, 5.74) is 1.17. The van der Waals surface area contributed by atoms with E-state index in [4.69, 9.17) is 4.74 Å². The number of halogens is 1. The van der Waals surface area contributed by atoms with Crippen LogP contribution in [-0.2, 0) is 20.5 Å². The average molecular weight is 469 g/mol. The van der Waals surface area contributed by atoms with Crippen LogP contribution in [0.3, 0.4) is 0 Å². The van der Waals surface area contributed by atoms with Crippen LogP contribution in [-0.4, -0.2) is 59.1 Å². The third kappa shape index (κ3) is 4.25. The normalized spacial score (nSPS) is 20.3. The Kier molecular flexibility index (Phi) is 5.89. The van der Waals surface area contributed by atoms with Crippen molar-refractivity contribution in [2.24, 2.45) is 0 Å². The summed E-state index contributed by atoms with van der Waals surface area (Å²) in [6.07, 6.45) is 2.07. The number of carbonyl (C=O) groups excluding carboxylic acids is 1. The maximum atomic E-state index is 14.8. The average Bonchev–Trinajstić information content (AvgIpc) is 3.37. The van der Waals surface area contributed by atoms with Crippen molar-refractivity contribution in [1.82, 2.24) is 15.1 Å². The molecule has 2 aliphatic heterocycles. The Hall–Kier alpha value is -2.83. The third-order valence-electron chi connectivity index (χ3n) is 6.58. The lowest BCUT2D eigenvalue weighted by Crippen LogP contribution is -2.45. The number of hydrogen-bond acceptors (Lipinski definition) is 5. The first-order valence-corrected chi connectivity index (χ1v) is 13.3. The van der Waals surface area contributed by atoms with Crippen LogP contribution < -0.4 is 10.9 Å². The highest BCUT2D eigenvalue weighted by molar-refractivity contribution is 7.71. The van der Waals surface area contributed by atoms with Crippen LogP contribution in [0.25, 0.3) is 10.8 Å². The molecule has 1 unspecified atom stereocenters. The van der Waals surface area contributed by atoms with E-state index in [1.165, 1.54) is 6.07 Å². The molecule has 33 heavy (non-hydrogen) atoms. The summed E-state index contributed by atoms with van der Waals surface area (Å²) in [4.78, 5) is 26.4. The van der Waals surface area contributed by atoms with Crippen LogP contribution in [0.4, 0.5) is 4.39 Å². The summed E-state index contributed by atoms with van der Waals surface area (Å²) in [6, 6.07) is 11.9. The van der Waals surface area contributed by atoms with Crippen molar-refractivity contribution in [2.75, 3.05) is 32.0 Å². The summed E-state index contributed by atoms with van der Waals surface area (Å²) in [6.45, 7) is 1.28. The molecule has 5 rings (SSSR count). The Labute approximate surface area is 190 Å². The van der Waals surface area contributed by atoms with Gasteiger partial charge in [-0.1, -0.05) is 24.3 Å². The van der Waals surface area contributed by atoms with Crippen molar-refractivity contribution < 1.29 is 18.5 Å². The van der Waals surface area contributed by atoms with Gasteiger partial charge in [-0.3, -0.25) is 9.59 Å². The Bertz CT molecular complexity index is 1310. The van der Waals surface area contributed by atoms with Crippen LogP contribution in [0.1, 0.15) is 24.1 Å². The number of hydrogen-bond donors (Lipinski definition) is 1. The summed E-state index contributed by atoms with van der Waals surface area (Å²) in [5.74, 6) is -0.538. The van der Waals surface area contributed by atoms with E-state index in [9.17, 15) is 18.5 Å². The molecule has 1 amide bonds. The fraction of sp³-hybridized carbons (Fsp3) is 0.375. The second-order valence-corrected chi connectivity index (χ2v) is 11.8. The van der Waals surface area contributed by atoms with Crippen molar-refractivity contribution >= 4 is 29.1 Å². The SMILES string of the molecule is O=C(C1CCCO1)N1CCP(=O)(c2cc(Cc3n[nH]c(=O)c4ccccc34)ccc2F)CC1. The summed E-state index contributed by atoms with van der Waals surface area (Å²) < 4.78 is 34.0. The number of nitrogens with zero attached hydrogens (tertiary/aromatic N) is 2. The van der Waals surface area contributed by atoms with Crippen LogP contribution >= 0.6 is 7.14 Å². The molecular formula is C24H25FN3O4P. The second kappa shape index (κ2) is 8.84. The fourth-order valence-electron chi connectivity index (χ4n) is 4.71. The smallest absolute Gasteiger partial charge is 0.272 e. The first kappa shape index (κ1) is 22.0. The van der Waals surface area contributed by atoms with E-state index in [0.29, 0.717) is 37.2 Å². The van der Waals surface area contributed by atoms with Gasteiger partial charge in [0.15, 0.2) is 0 Å². The topological polar surface area (TPSA) is 92.4 Å². The molecule has 2 aliphatic rings. The summed E-state index contributed by atoms with van der Waals surface area (Å²) in [5, 5.41) is 8.22. The van der Waals surface area contributed by atoms with Gasteiger partial charge in [0.05, 0.1) is 11.1 Å². The molecule has 2 aromatic carbocycles. The molecule has 3 heterocycles. The predicted molar refractivity (Wildman–Crippen MR) is 124 cm³/mol. The quantitative estimate of drug-likeness (QED) is 0.594. The molecule has 3 aromatic rings. The molecular weight excluding hydrogens is 444 g/mol. The van der Waals surface area contributed by atoms with E-state index in [1.807, 2.05) is 12.1 Å². The number of ether oxygens (including phenoxy) is 1. The van der Waals surface area contributed by atoms with Crippen LogP contribution in [0.15, 0.2) is 47.3 Å². The number of fused-ring (bicyclic) bond motifs is 1. The van der Waals surface area contributed by atoms with Gasteiger partial charge in [-0.2, -0.15) is 5.10 Å². The molecule has 2 fully saturated rings. The number of aromatic nitrogens is 2. The van der Waals surface area contributed by atoms with Crippen molar-refractivity contribution in [2.45, 2.75) is 25.4 Å². The van der Waals surface area contributed by atoms with Gasteiger partial charge < -0.3 is 14.2 Å². The molecule has 1 atom stereocenters. The lowest BCUT2D eigenvalue weighted by atomic mass is 10.0. The zero-order valence-electron chi connectivity index (χ0n) is 18.1. The van der Waals surface area contributed by atoms with Crippen molar-refractivity contribution in [1.29, 1.82) is 0 Å². The highest BCUT2D eigenvalue weighted by atomic mass is 31.2. The van der Waals surface area contributed by atoms with Crippen molar-refractivity contribution in [3.05, 3.63) is 69.9 Å². The highest BCUT2D eigenvalue weighted by Gasteiger charge is 2.37. The van der Waals surface area contributed by atoms with Gasteiger partial charge in [-0.25, -0.2) is 9.49 Å². The summed E-state index contributed by atoms with van der Waals surface area (Å²) in [7, 11) is -2.99. The second-order valence-electron chi connectivity index (χ2n) is 8.67. The monoisotopic (exact) mass is 469 g/mol. The number of rotatable bonds is 4. The first-order valence-electron chi connectivity index (χ1n) is 11.2. The molecule has 9 heteroatoms. The molecule has 0 spiro atoms. The fourth-order valence-corrected chi connectivity index (χ4v) is 7.40. The minimum Gasteiger partial charge on any atom is -0.368 e. The number of nitrogens with one attached hydrogen (secondary N) is 1. The van der Waals surface area contributed by atoms with Crippen LogP contribution in [0, 0.1) is 5.82 Å². The molecule has 1 aromatic heterocycles. The maximum Gasteiger partial charge on any atom is 0.272 e. The van der Waals surface area contributed by atoms with Crippen molar-refractivity contribution in [3.8, 4) is 0 Å². The Morgan fingerprint density at radius 2 is 1.94 bits per heavy atom. The van der Waals surface area contributed by atoms with E-state index < -0.39 is 19.1 Å². The van der Waals surface area contributed by atoms with E-state index in [1.54, 1.807) is 29.2 Å². The van der Waals surface area contributed by atoms with Gasteiger partial charge in [0, 0.05) is 49.1 Å². The van der Waals surface area contributed by atoms with Gasteiger partial charge in [-0.05, 0) is 36.6 Å². The molecule has 0 saturated carbocycles. The highest BCUT2D eigenvalue weighted by Crippen LogP contribution is 2.47. The molecule has 0 radical (unpaired) electrons. The van der Waals surface area contributed by atoms with E-state index >= 15 is 0 Å². The van der Waals surface area contributed by atoms with Gasteiger partial charge in [-0.15, -0.1) is 0 Å². The Balaban J connectivity index is 1.37. The number of benzene rings is 2. The number of H-pyrrole nitrogens is 1. The number of aromatic amines is 1. The van der Waals surface area contributed by atoms with Gasteiger partial charge in [0.2, 0.25) is 0 Å². The van der Waals surface area contributed by atoms with Crippen LogP contribution in [0.5, 0.6) is 0 Å². The minimum absolute atomic E-state index is 0.0519. The number of amides is 1. The standard InChI is InChI=1S/C24H25FN3O4P/c25-19-8-7-16(14-20-17-4-1-2-5-18(17)23(29)27-26-20)15-22(19)33(31)12-9-28(10-13-33)24(30)21-6-3-11-32-21/h1-2,4-5,7-8,15,21H,3,6,9-14H2,(H,27,29). The molecule has 7 nitrogen and oxygen atoms in total. The van der Waals surface area contributed by atoms with Crippen molar-refractivity contribution in [3.63, 3.8) is 0 Å². The molecule has 0 bridgehead atoms. The largest absolute Gasteiger partial charge is 0.368 e. The summed E-state index contributed by atoms with van der Waals surface area (Å²) >= 11 is 0. The van der Waals surface area contributed by atoms with E-state index in [-0.39, 0.29) is 29.1 Å². The maximum absolute atomic E-state index is 14.8. The van der Waals surface area contributed by atoms with Gasteiger partial charge in [0.25, 0.3) is 11.5 Å². The Morgan fingerprint density at radius 3 is 2.67 bits per heavy atom. The zero-order chi connectivity index (χ0) is 23.0. The van der Waals surface area contributed by atoms with E-state index in [0.717, 1.165) is 23.8 Å². The zero-order valence-corrected chi connectivity index (χ0v) is 19.0. The first-order chi connectivity index (χ1) is 15.9. The number of carbonyl (C=O) groups is 1. The molecule has 1 N–H and O–H groups in total. The lowest BCUT2D eigenvalue weighted by Gasteiger charge is -2.34.